The topological polar surface area (TPSA) is 18.5 Å². The standard InChI is InChI=1S/C15H15Br2ClO2S/c1-3-19-11-7-9(10(16)8-12(11)20-4-2)15(18)13-5-6-14(17)21-13/h5-8,15H,3-4H2,1-2H3. The Labute approximate surface area is 150 Å². The monoisotopic (exact) mass is 452 g/mol. The van der Waals surface area contributed by atoms with Crippen LogP contribution < -0.4 is 9.47 Å². The first-order valence-corrected chi connectivity index (χ1v) is 9.39. The molecule has 0 bridgehead atoms. The van der Waals surface area contributed by atoms with Gasteiger partial charge < -0.3 is 9.47 Å². The first kappa shape index (κ1) is 17.1. The summed E-state index contributed by atoms with van der Waals surface area (Å²) >= 11 is 15.3. The Hall–Kier alpha value is -0.230. The highest BCUT2D eigenvalue weighted by Crippen LogP contribution is 2.43. The molecule has 21 heavy (non-hydrogen) atoms. The first-order valence-electron chi connectivity index (χ1n) is 6.55. The Bertz CT molecular complexity index is 616. The zero-order chi connectivity index (χ0) is 15.4. The van der Waals surface area contributed by atoms with E-state index in [9.17, 15) is 0 Å². The lowest BCUT2D eigenvalue weighted by Gasteiger charge is -2.16. The third-order valence-corrected chi connectivity index (χ3v) is 5.75. The van der Waals surface area contributed by atoms with Crippen LogP contribution >= 0.6 is 54.8 Å². The molecule has 0 fully saturated rings. The van der Waals surface area contributed by atoms with Gasteiger partial charge in [-0.2, -0.15) is 0 Å². The highest BCUT2D eigenvalue weighted by molar-refractivity contribution is 9.11. The molecule has 0 radical (unpaired) electrons. The van der Waals surface area contributed by atoms with Gasteiger partial charge in [-0.3, -0.25) is 0 Å². The Morgan fingerprint density at radius 3 is 2.24 bits per heavy atom. The van der Waals surface area contributed by atoms with E-state index in [1.807, 2.05) is 38.1 Å². The van der Waals surface area contributed by atoms with Crippen LogP contribution in [0.15, 0.2) is 32.5 Å². The van der Waals surface area contributed by atoms with E-state index in [0.717, 1.165) is 30.2 Å². The van der Waals surface area contributed by atoms with Crippen LogP contribution in [0.25, 0.3) is 0 Å². The summed E-state index contributed by atoms with van der Waals surface area (Å²) in [5.74, 6) is 1.45. The van der Waals surface area contributed by atoms with Gasteiger partial charge in [0.25, 0.3) is 0 Å². The SMILES string of the molecule is CCOc1cc(Br)c(C(Cl)c2ccc(Br)s2)cc1OCC. The summed E-state index contributed by atoms with van der Waals surface area (Å²) in [4.78, 5) is 1.08. The second kappa shape index (κ2) is 7.86. The number of halogens is 3. The number of rotatable bonds is 6. The third-order valence-electron chi connectivity index (χ3n) is 2.78. The van der Waals surface area contributed by atoms with E-state index in [-0.39, 0.29) is 5.38 Å². The number of thiophene rings is 1. The van der Waals surface area contributed by atoms with Crippen molar-refractivity contribution in [1.82, 2.24) is 0 Å². The van der Waals surface area contributed by atoms with Crippen LogP contribution in [0.2, 0.25) is 0 Å². The molecule has 0 N–H and O–H groups in total. The highest BCUT2D eigenvalue weighted by atomic mass is 79.9. The molecule has 6 heteroatoms. The molecule has 2 nitrogen and oxygen atoms in total. The smallest absolute Gasteiger partial charge is 0.162 e. The Kier molecular flexibility index (Phi) is 6.41. The minimum absolute atomic E-state index is 0.231. The van der Waals surface area contributed by atoms with Crippen LogP contribution in [0.1, 0.15) is 29.7 Å². The van der Waals surface area contributed by atoms with Crippen LogP contribution in [0, 0.1) is 0 Å². The summed E-state index contributed by atoms with van der Waals surface area (Å²) in [5.41, 5.74) is 0.970. The van der Waals surface area contributed by atoms with Crippen molar-refractivity contribution < 1.29 is 9.47 Å². The van der Waals surface area contributed by atoms with E-state index in [1.54, 1.807) is 11.3 Å². The van der Waals surface area contributed by atoms with Crippen molar-refractivity contribution >= 4 is 54.8 Å². The molecule has 114 valence electrons. The number of hydrogen-bond acceptors (Lipinski definition) is 3. The largest absolute Gasteiger partial charge is 0.490 e. The molecular formula is C15H15Br2ClO2S. The van der Waals surface area contributed by atoms with Gasteiger partial charge in [-0.15, -0.1) is 22.9 Å². The van der Waals surface area contributed by atoms with Gasteiger partial charge in [0.2, 0.25) is 0 Å². The summed E-state index contributed by atoms with van der Waals surface area (Å²) in [6.45, 7) is 5.07. The van der Waals surface area contributed by atoms with Crippen molar-refractivity contribution in [2.24, 2.45) is 0 Å². The molecule has 1 heterocycles. The summed E-state index contributed by atoms with van der Waals surface area (Å²) in [7, 11) is 0. The van der Waals surface area contributed by atoms with Gasteiger partial charge in [-0.05, 0) is 59.6 Å². The van der Waals surface area contributed by atoms with Gasteiger partial charge in [0, 0.05) is 9.35 Å². The number of ether oxygens (including phenoxy) is 2. The number of hydrogen-bond donors (Lipinski definition) is 0. The Balaban J connectivity index is 2.40. The van der Waals surface area contributed by atoms with Crippen molar-refractivity contribution in [3.05, 3.63) is 43.0 Å². The van der Waals surface area contributed by atoms with E-state index in [0.29, 0.717) is 13.2 Å². The summed E-state index contributed by atoms with van der Waals surface area (Å²) in [6, 6.07) is 7.89. The van der Waals surface area contributed by atoms with E-state index in [4.69, 9.17) is 21.1 Å². The van der Waals surface area contributed by atoms with Crippen molar-refractivity contribution in [1.29, 1.82) is 0 Å². The molecule has 0 aliphatic rings. The second-order valence-corrected chi connectivity index (χ2v) is 7.98. The normalized spacial score (nSPS) is 12.2. The molecule has 2 aromatic rings. The lowest BCUT2D eigenvalue weighted by atomic mass is 10.1. The fourth-order valence-electron chi connectivity index (χ4n) is 1.90. The van der Waals surface area contributed by atoms with Crippen LogP contribution in [-0.4, -0.2) is 13.2 Å². The quantitative estimate of drug-likeness (QED) is 0.470. The molecule has 1 aromatic carbocycles. The van der Waals surface area contributed by atoms with Gasteiger partial charge in [0.1, 0.15) is 0 Å². The maximum absolute atomic E-state index is 6.61. The summed E-state index contributed by atoms with van der Waals surface area (Å²) in [5, 5.41) is -0.231. The minimum atomic E-state index is -0.231. The average Bonchev–Trinajstić information content (AvgIpc) is 2.88. The fourth-order valence-corrected chi connectivity index (χ4v) is 4.39. The van der Waals surface area contributed by atoms with E-state index in [2.05, 4.69) is 31.9 Å². The minimum Gasteiger partial charge on any atom is -0.490 e. The molecule has 1 unspecified atom stereocenters. The van der Waals surface area contributed by atoms with Gasteiger partial charge in [0.15, 0.2) is 11.5 Å². The molecule has 0 aliphatic heterocycles. The van der Waals surface area contributed by atoms with Crippen LogP contribution in [0.4, 0.5) is 0 Å². The molecule has 2 rings (SSSR count). The zero-order valence-electron chi connectivity index (χ0n) is 11.7. The van der Waals surface area contributed by atoms with E-state index in [1.165, 1.54) is 0 Å². The van der Waals surface area contributed by atoms with Crippen LogP contribution in [-0.2, 0) is 0 Å². The molecule has 0 spiro atoms. The predicted octanol–water partition coefficient (Wildman–Crippen LogP) is 6.40. The second-order valence-electron chi connectivity index (χ2n) is 4.19. The Morgan fingerprint density at radius 2 is 1.71 bits per heavy atom. The summed E-state index contributed by atoms with van der Waals surface area (Å²) in [6.07, 6.45) is 0. The van der Waals surface area contributed by atoms with Gasteiger partial charge in [-0.25, -0.2) is 0 Å². The number of benzene rings is 1. The molecule has 0 aliphatic carbocycles. The van der Waals surface area contributed by atoms with Crippen LogP contribution in [0.3, 0.4) is 0 Å². The van der Waals surface area contributed by atoms with Crippen LogP contribution in [0.5, 0.6) is 11.5 Å². The highest BCUT2D eigenvalue weighted by Gasteiger charge is 2.19. The van der Waals surface area contributed by atoms with Crippen molar-refractivity contribution in [3.63, 3.8) is 0 Å². The maximum Gasteiger partial charge on any atom is 0.162 e. The molecule has 0 saturated carbocycles. The maximum atomic E-state index is 6.61. The lowest BCUT2D eigenvalue weighted by Crippen LogP contribution is -2.01. The van der Waals surface area contributed by atoms with Crippen molar-refractivity contribution in [2.75, 3.05) is 13.2 Å². The molecule has 1 aromatic heterocycles. The third kappa shape index (κ3) is 4.15. The number of alkyl halides is 1. The van der Waals surface area contributed by atoms with Gasteiger partial charge in [0.05, 0.1) is 22.4 Å². The predicted molar refractivity (Wildman–Crippen MR) is 96.2 cm³/mol. The van der Waals surface area contributed by atoms with Gasteiger partial charge in [-0.1, -0.05) is 15.9 Å². The van der Waals surface area contributed by atoms with Crippen molar-refractivity contribution in [2.45, 2.75) is 19.2 Å². The van der Waals surface area contributed by atoms with E-state index < -0.39 is 0 Å². The molecule has 1 atom stereocenters. The first-order chi connectivity index (χ1) is 10.1. The van der Waals surface area contributed by atoms with Crippen molar-refractivity contribution in [3.8, 4) is 11.5 Å². The summed E-state index contributed by atoms with van der Waals surface area (Å²) < 4.78 is 13.3. The fraction of sp³-hybridized carbons (Fsp3) is 0.333. The Morgan fingerprint density at radius 1 is 1.10 bits per heavy atom. The molecule has 0 amide bonds. The van der Waals surface area contributed by atoms with E-state index >= 15 is 0 Å². The molecule has 0 saturated heterocycles. The van der Waals surface area contributed by atoms with Gasteiger partial charge >= 0.3 is 0 Å². The molecular weight excluding hydrogens is 439 g/mol. The average molecular weight is 455 g/mol. The zero-order valence-corrected chi connectivity index (χ0v) is 16.4. The lowest BCUT2D eigenvalue weighted by molar-refractivity contribution is 0.287.